The van der Waals surface area contributed by atoms with Gasteiger partial charge in [-0.15, -0.1) is 0 Å². The number of allylic oxidation sites excluding steroid dienone is 6. The lowest BCUT2D eigenvalue weighted by Gasteiger charge is -2.26. The first-order chi connectivity index (χ1) is 17.7. The standard InChI is InChI=1S/C26H21F.C8H9N/c27-21-8-3-5-18(17-21)11-12-20-7-4-10-24-23(20)15-16-25-22-9-2-1-6-19(22)13-14-26(24)25;1-3-8-4-2-7(1)5-6-9-8/h1,3-8,10-14,17H,2,9,15-16H2;1,3,5-6,9H,2,4H2/b12-11+;. The molecule has 3 aromatic rings. The quantitative estimate of drug-likeness (QED) is 0.370. The van der Waals surface area contributed by atoms with Gasteiger partial charge in [0.05, 0.1) is 0 Å². The molecule has 0 fully saturated rings. The maximum absolute atomic E-state index is 13.4. The average molecular weight is 472 g/mol. The zero-order chi connectivity index (χ0) is 24.3. The van der Waals surface area contributed by atoms with Gasteiger partial charge in [0.25, 0.3) is 0 Å². The van der Waals surface area contributed by atoms with Crippen LogP contribution in [0.15, 0.2) is 96.4 Å². The number of benzene rings is 3. The molecule has 1 N–H and O–H groups in total. The lowest BCUT2D eigenvalue weighted by Crippen LogP contribution is -2.10. The fourth-order valence-electron chi connectivity index (χ4n) is 5.64. The molecule has 5 aliphatic rings. The van der Waals surface area contributed by atoms with Crippen LogP contribution in [0.2, 0.25) is 0 Å². The fraction of sp³-hybridized carbons (Fsp3) is 0.176. The largest absolute Gasteiger partial charge is 0.365 e. The molecular formula is C34H30FN. The third-order valence-electron chi connectivity index (χ3n) is 7.51. The van der Waals surface area contributed by atoms with Crippen molar-refractivity contribution in [3.05, 3.63) is 136 Å². The van der Waals surface area contributed by atoms with Crippen LogP contribution >= 0.6 is 0 Å². The molecule has 2 aliphatic heterocycles. The molecule has 0 atom stereocenters. The third-order valence-corrected chi connectivity index (χ3v) is 7.51. The summed E-state index contributed by atoms with van der Waals surface area (Å²) in [5, 5.41) is 3.20. The Hall–Kier alpha value is -3.91. The van der Waals surface area contributed by atoms with Crippen LogP contribution < -0.4 is 5.32 Å². The van der Waals surface area contributed by atoms with Crippen LogP contribution in [-0.2, 0) is 19.3 Å². The monoisotopic (exact) mass is 471 g/mol. The molecule has 2 heterocycles. The SMILES string of the molecule is C1=CC2=CC=C(CC2)N1.Fc1cccc(/C=C/c2cccc3c2CCc2c-3ccc3c2CCC=C3)c1. The molecule has 0 saturated heterocycles. The molecule has 0 unspecified atom stereocenters. The van der Waals surface area contributed by atoms with E-state index in [2.05, 4.69) is 72.1 Å². The van der Waals surface area contributed by atoms with Crippen molar-refractivity contribution in [2.24, 2.45) is 0 Å². The smallest absolute Gasteiger partial charge is 0.123 e. The maximum Gasteiger partial charge on any atom is 0.123 e. The van der Waals surface area contributed by atoms with E-state index < -0.39 is 0 Å². The minimum absolute atomic E-state index is 0.194. The summed E-state index contributed by atoms with van der Waals surface area (Å²) in [7, 11) is 0. The first kappa shape index (κ1) is 22.5. The Morgan fingerprint density at radius 2 is 1.61 bits per heavy atom. The lowest BCUT2D eigenvalue weighted by molar-refractivity contribution is 0.627. The molecule has 3 aliphatic carbocycles. The molecule has 8 rings (SSSR count). The molecule has 0 aromatic heterocycles. The van der Waals surface area contributed by atoms with Gasteiger partial charge in [-0.25, -0.2) is 4.39 Å². The normalized spacial score (nSPS) is 16.6. The Morgan fingerprint density at radius 1 is 0.722 bits per heavy atom. The van der Waals surface area contributed by atoms with Crippen LogP contribution in [0, 0.1) is 5.82 Å². The predicted octanol–water partition coefficient (Wildman–Crippen LogP) is 8.43. The van der Waals surface area contributed by atoms with E-state index >= 15 is 0 Å². The van der Waals surface area contributed by atoms with E-state index in [0.717, 1.165) is 31.2 Å². The lowest BCUT2D eigenvalue weighted by atomic mass is 9.78. The Kier molecular flexibility index (Phi) is 6.26. The molecule has 2 heteroatoms. The zero-order valence-corrected chi connectivity index (χ0v) is 20.4. The first-order valence-electron chi connectivity index (χ1n) is 12.9. The molecule has 0 spiro atoms. The van der Waals surface area contributed by atoms with Crippen molar-refractivity contribution < 1.29 is 4.39 Å². The third kappa shape index (κ3) is 4.64. The molecule has 1 nitrogen and oxygen atoms in total. The minimum Gasteiger partial charge on any atom is -0.365 e. The molecule has 0 amide bonds. The van der Waals surface area contributed by atoms with Gasteiger partial charge >= 0.3 is 0 Å². The van der Waals surface area contributed by atoms with E-state index in [4.69, 9.17) is 0 Å². The fourth-order valence-corrected chi connectivity index (χ4v) is 5.64. The second-order valence-electron chi connectivity index (χ2n) is 9.77. The minimum atomic E-state index is -0.194. The van der Waals surface area contributed by atoms with Crippen molar-refractivity contribution in [3.63, 3.8) is 0 Å². The summed E-state index contributed by atoms with van der Waals surface area (Å²) < 4.78 is 13.4. The van der Waals surface area contributed by atoms with Gasteiger partial charge in [0.15, 0.2) is 0 Å². The first-order valence-corrected chi connectivity index (χ1v) is 12.9. The van der Waals surface area contributed by atoms with Gasteiger partial charge in [-0.3, -0.25) is 0 Å². The van der Waals surface area contributed by atoms with E-state index in [1.807, 2.05) is 18.3 Å². The van der Waals surface area contributed by atoms with Gasteiger partial charge in [0.1, 0.15) is 5.82 Å². The maximum atomic E-state index is 13.4. The van der Waals surface area contributed by atoms with Gasteiger partial charge in [-0.2, -0.15) is 0 Å². The van der Waals surface area contributed by atoms with Crippen LogP contribution in [0.3, 0.4) is 0 Å². The average Bonchev–Trinajstić information content (AvgIpc) is 3.30. The topological polar surface area (TPSA) is 12.0 Å². The Morgan fingerprint density at radius 3 is 2.50 bits per heavy atom. The Bertz CT molecular complexity index is 1460. The second-order valence-corrected chi connectivity index (χ2v) is 9.77. The van der Waals surface area contributed by atoms with Crippen molar-refractivity contribution in [1.82, 2.24) is 5.32 Å². The highest BCUT2D eigenvalue weighted by atomic mass is 19.1. The van der Waals surface area contributed by atoms with Crippen molar-refractivity contribution in [2.45, 2.75) is 38.5 Å². The summed E-state index contributed by atoms with van der Waals surface area (Å²) in [5.41, 5.74) is 13.5. The zero-order valence-electron chi connectivity index (χ0n) is 20.4. The number of halogens is 1. The van der Waals surface area contributed by atoms with E-state index in [1.165, 1.54) is 63.6 Å². The molecule has 36 heavy (non-hydrogen) atoms. The van der Waals surface area contributed by atoms with Crippen molar-refractivity contribution in [2.75, 3.05) is 0 Å². The summed E-state index contributed by atoms with van der Waals surface area (Å²) in [6.45, 7) is 0. The van der Waals surface area contributed by atoms with Crippen molar-refractivity contribution in [1.29, 1.82) is 0 Å². The number of fused-ring (bicyclic) bond motifs is 8. The number of rotatable bonds is 2. The molecule has 3 aromatic carbocycles. The molecular weight excluding hydrogens is 441 g/mol. The van der Waals surface area contributed by atoms with E-state index in [9.17, 15) is 4.39 Å². The summed E-state index contributed by atoms with van der Waals surface area (Å²) in [6.07, 6.45) is 24.0. The Balaban J connectivity index is 0.000000223. The molecule has 0 saturated carbocycles. The summed E-state index contributed by atoms with van der Waals surface area (Å²) in [4.78, 5) is 0. The predicted molar refractivity (Wildman–Crippen MR) is 150 cm³/mol. The van der Waals surface area contributed by atoms with Crippen molar-refractivity contribution in [3.8, 4) is 11.1 Å². The number of hydrogen-bond acceptors (Lipinski definition) is 1. The van der Waals surface area contributed by atoms with Gasteiger partial charge in [-0.1, -0.05) is 72.8 Å². The molecule has 0 radical (unpaired) electrons. The van der Waals surface area contributed by atoms with Gasteiger partial charge in [-0.05, 0) is 113 Å². The number of nitrogens with one attached hydrogen (secondary N) is 1. The van der Waals surface area contributed by atoms with Crippen LogP contribution in [-0.4, -0.2) is 0 Å². The van der Waals surface area contributed by atoms with Crippen LogP contribution in [0.5, 0.6) is 0 Å². The summed E-state index contributed by atoms with van der Waals surface area (Å²) in [5.74, 6) is -0.194. The molecule has 178 valence electrons. The van der Waals surface area contributed by atoms with E-state index in [1.54, 1.807) is 17.7 Å². The van der Waals surface area contributed by atoms with Crippen LogP contribution in [0.1, 0.15) is 52.6 Å². The summed E-state index contributed by atoms with van der Waals surface area (Å²) in [6, 6.07) is 17.9. The van der Waals surface area contributed by atoms with Gasteiger partial charge < -0.3 is 5.32 Å². The van der Waals surface area contributed by atoms with Gasteiger partial charge in [0, 0.05) is 11.9 Å². The second kappa shape index (κ2) is 9.99. The number of hydrogen-bond donors (Lipinski definition) is 1. The van der Waals surface area contributed by atoms with Crippen LogP contribution in [0.4, 0.5) is 4.39 Å². The summed E-state index contributed by atoms with van der Waals surface area (Å²) >= 11 is 0. The van der Waals surface area contributed by atoms with Gasteiger partial charge in [0.2, 0.25) is 0 Å². The highest BCUT2D eigenvalue weighted by molar-refractivity contribution is 5.82. The highest BCUT2D eigenvalue weighted by Gasteiger charge is 2.22. The van der Waals surface area contributed by atoms with E-state index in [-0.39, 0.29) is 5.82 Å². The molecule has 2 bridgehead atoms. The van der Waals surface area contributed by atoms with Crippen LogP contribution in [0.25, 0.3) is 29.4 Å². The highest BCUT2D eigenvalue weighted by Crippen LogP contribution is 2.39. The van der Waals surface area contributed by atoms with Crippen molar-refractivity contribution >= 4 is 18.2 Å². The van der Waals surface area contributed by atoms with E-state index in [0.29, 0.717) is 0 Å². The Labute approximate surface area is 213 Å².